The van der Waals surface area contributed by atoms with Crippen molar-refractivity contribution < 1.29 is 9.57 Å². The molecule has 1 aromatic rings. The third-order valence-electron chi connectivity index (χ3n) is 2.28. The van der Waals surface area contributed by atoms with Crippen LogP contribution in [0.25, 0.3) is 0 Å². The van der Waals surface area contributed by atoms with Crippen molar-refractivity contribution in [2.24, 2.45) is 5.16 Å². The highest BCUT2D eigenvalue weighted by Crippen LogP contribution is 2.17. The maximum absolute atomic E-state index is 5.24. The van der Waals surface area contributed by atoms with Crippen LogP contribution in [0.4, 0.5) is 0 Å². The Hall–Kier alpha value is -1.55. The van der Waals surface area contributed by atoms with E-state index in [-0.39, 0.29) is 0 Å². The molecule has 0 N–H and O–H groups in total. The molecule has 0 aliphatic carbocycles. The highest BCUT2D eigenvalue weighted by atomic mass is 16.6. The molecule has 0 spiro atoms. The number of likely N-dealkylation sites (N-methyl/N-ethyl adjacent to an activating group) is 1. The van der Waals surface area contributed by atoms with Gasteiger partial charge in [-0.2, -0.15) is 0 Å². The quantitative estimate of drug-likeness (QED) is 0.430. The first kappa shape index (κ1) is 13.5. The molecule has 0 heterocycles. The third-order valence-corrected chi connectivity index (χ3v) is 2.28. The van der Waals surface area contributed by atoms with Crippen molar-refractivity contribution in [3.05, 3.63) is 29.3 Å². The van der Waals surface area contributed by atoms with E-state index >= 15 is 0 Å². The molecule has 94 valence electrons. The van der Waals surface area contributed by atoms with Crippen molar-refractivity contribution in [3.63, 3.8) is 0 Å². The van der Waals surface area contributed by atoms with Gasteiger partial charge in [-0.3, -0.25) is 0 Å². The number of benzene rings is 1. The highest BCUT2D eigenvalue weighted by Gasteiger charge is 2.00. The summed E-state index contributed by atoms with van der Waals surface area (Å²) < 4.78 is 5.24. The molecule has 0 aliphatic heterocycles. The average Bonchev–Trinajstić information content (AvgIpc) is 2.28. The molecule has 0 bridgehead atoms. The minimum Gasteiger partial charge on any atom is -0.496 e. The number of rotatable bonds is 6. The van der Waals surface area contributed by atoms with Crippen LogP contribution in [0, 0.1) is 6.92 Å². The van der Waals surface area contributed by atoms with Gasteiger partial charge in [0, 0.05) is 12.1 Å². The lowest BCUT2D eigenvalue weighted by atomic mass is 10.1. The lowest BCUT2D eigenvalue weighted by molar-refractivity contribution is 0.127. The lowest BCUT2D eigenvalue weighted by Gasteiger charge is -2.07. The van der Waals surface area contributed by atoms with E-state index in [4.69, 9.17) is 9.57 Å². The molecular formula is C13H20N2O2. The number of hydrogen-bond acceptors (Lipinski definition) is 4. The van der Waals surface area contributed by atoms with Gasteiger partial charge < -0.3 is 14.5 Å². The monoisotopic (exact) mass is 236 g/mol. The molecule has 0 amide bonds. The first-order chi connectivity index (χ1) is 8.13. The fourth-order valence-corrected chi connectivity index (χ4v) is 1.32. The van der Waals surface area contributed by atoms with Gasteiger partial charge in [0.15, 0.2) is 0 Å². The molecule has 1 rings (SSSR count). The molecule has 0 saturated heterocycles. The van der Waals surface area contributed by atoms with E-state index in [9.17, 15) is 0 Å². The molecule has 4 nitrogen and oxygen atoms in total. The lowest BCUT2D eigenvalue weighted by Crippen LogP contribution is -2.16. The summed E-state index contributed by atoms with van der Waals surface area (Å²) in [5.41, 5.74) is 2.10. The fourth-order valence-electron chi connectivity index (χ4n) is 1.32. The van der Waals surface area contributed by atoms with Gasteiger partial charge in [0.2, 0.25) is 0 Å². The number of hydrogen-bond donors (Lipinski definition) is 0. The number of ether oxygens (including phenoxy) is 1. The van der Waals surface area contributed by atoms with Crippen LogP contribution in [0.2, 0.25) is 0 Å². The average molecular weight is 236 g/mol. The van der Waals surface area contributed by atoms with Crippen molar-refractivity contribution >= 4 is 6.21 Å². The van der Waals surface area contributed by atoms with Gasteiger partial charge in [0.25, 0.3) is 0 Å². The summed E-state index contributed by atoms with van der Waals surface area (Å²) in [7, 11) is 5.64. The number of nitrogens with zero attached hydrogens (tertiary/aromatic N) is 2. The second-order valence-electron chi connectivity index (χ2n) is 4.12. The first-order valence-electron chi connectivity index (χ1n) is 5.58. The molecule has 0 fully saturated rings. The zero-order valence-electron chi connectivity index (χ0n) is 10.9. The molecule has 0 unspecified atom stereocenters. The number of aryl methyl sites for hydroxylation is 1. The summed E-state index contributed by atoms with van der Waals surface area (Å²) in [5, 5.41) is 3.93. The van der Waals surface area contributed by atoms with Crippen LogP contribution in [0.1, 0.15) is 11.1 Å². The summed E-state index contributed by atoms with van der Waals surface area (Å²) in [5.74, 6) is 0.801. The van der Waals surface area contributed by atoms with Crippen LogP contribution in [0.5, 0.6) is 5.75 Å². The van der Waals surface area contributed by atoms with Gasteiger partial charge in [-0.15, -0.1) is 0 Å². The van der Waals surface area contributed by atoms with Gasteiger partial charge in [0.05, 0.1) is 13.3 Å². The van der Waals surface area contributed by atoms with E-state index in [2.05, 4.69) is 5.16 Å². The Balaban J connectivity index is 2.55. The van der Waals surface area contributed by atoms with Crippen molar-refractivity contribution in [2.75, 3.05) is 34.4 Å². The van der Waals surface area contributed by atoms with Gasteiger partial charge in [-0.25, -0.2) is 0 Å². The SMILES string of the molecule is COc1ccc(C)cc1/C=N/OCCN(C)C. The Morgan fingerprint density at radius 3 is 2.76 bits per heavy atom. The van der Waals surface area contributed by atoms with E-state index in [0.717, 1.165) is 17.9 Å². The zero-order chi connectivity index (χ0) is 12.7. The minimum absolute atomic E-state index is 0.581. The number of oxime groups is 1. The third kappa shape index (κ3) is 4.87. The van der Waals surface area contributed by atoms with E-state index in [1.165, 1.54) is 5.56 Å². The first-order valence-corrected chi connectivity index (χ1v) is 5.58. The van der Waals surface area contributed by atoms with E-state index in [0.29, 0.717) is 6.61 Å². The standard InChI is InChI=1S/C13H20N2O2/c1-11-5-6-13(16-4)12(9-11)10-14-17-8-7-15(2)3/h5-6,9-10H,7-8H2,1-4H3/b14-10+. The Labute approximate surface area is 103 Å². The highest BCUT2D eigenvalue weighted by molar-refractivity contribution is 5.83. The van der Waals surface area contributed by atoms with Crippen molar-refractivity contribution in [1.29, 1.82) is 0 Å². The second-order valence-corrected chi connectivity index (χ2v) is 4.12. The van der Waals surface area contributed by atoms with Crippen LogP contribution in [0.3, 0.4) is 0 Å². The largest absolute Gasteiger partial charge is 0.496 e. The summed E-state index contributed by atoms with van der Waals surface area (Å²) >= 11 is 0. The molecule has 17 heavy (non-hydrogen) atoms. The topological polar surface area (TPSA) is 34.1 Å². The van der Waals surface area contributed by atoms with Crippen molar-refractivity contribution in [3.8, 4) is 5.75 Å². The normalized spacial score (nSPS) is 11.1. The van der Waals surface area contributed by atoms with E-state index in [1.54, 1.807) is 13.3 Å². The Morgan fingerprint density at radius 1 is 1.35 bits per heavy atom. The molecule has 0 radical (unpaired) electrons. The molecule has 0 saturated carbocycles. The Morgan fingerprint density at radius 2 is 2.12 bits per heavy atom. The zero-order valence-corrected chi connectivity index (χ0v) is 10.9. The van der Waals surface area contributed by atoms with Gasteiger partial charge in [-0.1, -0.05) is 16.8 Å². The van der Waals surface area contributed by atoms with Crippen LogP contribution >= 0.6 is 0 Å². The molecule has 4 heteroatoms. The summed E-state index contributed by atoms with van der Waals surface area (Å²) in [6.45, 7) is 3.46. The maximum Gasteiger partial charge on any atom is 0.129 e. The Bertz CT molecular complexity index is 376. The van der Waals surface area contributed by atoms with Gasteiger partial charge in [0.1, 0.15) is 12.4 Å². The Kier molecular flexibility index (Phi) is 5.49. The summed E-state index contributed by atoms with van der Waals surface area (Å²) in [6.07, 6.45) is 1.68. The molecule has 1 aromatic carbocycles. The van der Waals surface area contributed by atoms with Crippen LogP contribution < -0.4 is 4.74 Å². The van der Waals surface area contributed by atoms with E-state index in [1.807, 2.05) is 44.1 Å². The van der Waals surface area contributed by atoms with Gasteiger partial charge in [-0.05, 0) is 33.2 Å². The smallest absolute Gasteiger partial charge is 0.129 e. The van der Waals surface area contributed by atoms with Crippen LogP contribution in [-0.4, -0.2) is 45.5 Å². The second kappa shape index (κ2) is 6.91. The molecular weight excluding hydrogens is 216 g/mol. The molecule has 0 atom stereocenters. The van der Waals surface area contributed by atoms with Crippen LogP contribution in [0.15, 0.2) is 23.4 Å². The van der Waals surface area contributed by atoms with Crippen LogP contribution in [-0.2, 0) is 4.84 Å². The molecule has 0 aliphatic rings. The maximum atomic E-state index is 5.24. The molecule has 0 aromatic heterocycles. The number of methoxy groups -OCH3 is 1. The van der Waals surface area contributed by atoms with E-state index < -0.39 is 0 Å². The predicted octanol–water partition coefficient (Wildman–Crippen LogP) is 1.92. The predicted molar refractivity (Wildman–Crippen MR) is 69.8 cm³/mol. The minimum atomic E-state index is 0.581. The van der Waals surface area contributed by atoms with Crippen molar-refractivity contribution in [1.82, 2.24) is 4.90 Å². The van der Waals surface area contributed by atoms with Gasteiger partial charge >= 0.3 is 0 Å². The summed E-state index contributed by atoms with van der Waals surface area (Å²) in [4.78, 5) is 7.20. The summed E-state index contributed by atoms with van der Waals surface area (Å²) in [6, 6.07) is 5.94. The fraction of sp³-hybridized carbons (Fsp3) is 0.462. The van der Waals surface area contributed by atoms with Crippen molar-refractivity contribution in [2.45, 2.75) is 6.92 Å².